The number of sulfonamides is 1. The first-order chi connectivity index (χ1) is 14.8. The van der Waals surface area contributed by atoms with Crippen LogP contribution in [-0.4, -0.2) is 24.6 Å². The smallest absolute Gasteiger partial charge is 0.229 e. The molecule has 0 fully saturated rings. The van der Waals surface area contributed by atoms with Gasteiger partial charge in [0.1, 0.15) is 5.82 Å². The van der Waals surface area contributed by atoms with E-state index in [0.717, 1.165) is 40.0 Å². The molecule has 0 aliphatic heterocycles. The van der Waals surface area contributed by atoms with Gasteiger partial charge in [0, 0.05) is 22.7 Å². The summed E-state index contributed by atoms with van der Waals surface area (Å²) >= 11 is 12.3. The van der Waals surface area contributed by atoms with E-state index in [1.807, 2.05) is 48.5 Å². The van der Waals surface area contributed by atoms with Gasteiger partial charge >= 0.3 is 0 Å². The van der Waals surface area contributed by atoms with E-state index in [2.05, 4.69) is 14.7 Å². The number of anilines is 1. The van der Waals surface area contributed by atoms with E-state index in [-0.39, 0.29) is 0 Å². The molecule has 0 unspecified atom stereocenters. The first kappa shape index (κ1) is 21.4. The molecule has 8 heteroatoms. The zero-order chi connectivity index (χ0) is 22.0. The molecule has 0 atom stereocenters. The number of imidazole rings is 1. The van der Waals surface area contributed by atoms with Crippen LogP contribution in [0.1, 0.15) is 11.4 Å². The first-order valence-electron chi connectivity index (χ1n) is 9.43. The van der Waals surface area contributed by atoms with Crippen molar-refractivity contribution < 1.29 is 8.42 Å². The molecule has 4 rings (SSSR count). The fourth-order valence-corrected chi connectivity index (χ4v) is 4.35. The third kappa shape index (κ3) is 5.47. The van der Waals surface area contributed by atoms with Crippen molar-refractivity contribution in [3.8, 4) is 22.4 Å². The van der Waals surface area contributed by atoms with Crippen molar-refractivity contribution in [2.24, 2.45) is 0 Å². The van der Waals surface area contributed by atoms with E-state index in [9.17, 15) is 8.42 Å². The molecule has 0 radical (unpaired) electrons. The van der Waals surface area contributed by atoms with Gasteiger partial charge < -0.3 is 4.98 Å². The number of aromatic amines is 1. The molecule has 158 valence electrons. The average molecular weight is 472 g/mol. The molecule has 0 amide bonds. The maximum Gasteiger partial charge on any atom is 0.229 e. The van der Waals surface area contributed by atoms with Crippen LogP contribution in [0.2, 0.25) is 10.0 Å². The van der Waals surface area contributed by atoms with Crippen LogP contribution in [0.3, 0.4) is 0 Å². The highest BCUT2D eigenvalue weighted by Gasteiger charge is 2.09. The van der Waals surface area contributed by atoms with Crippen molar-refractivity contribution in [1.29, 1.82) is 0 Å². The van der Waals surface area contributed by atoms with Gasteiger partial charge in [-0.3, -0.25) is 4.72 Å². The lowest BCUT2D eigenvalue weighted by molar-refractivity contribution is 0.607. The van der Waals surface area contributed by atoms with Gasteiger partial charge in [0.05, 0.1) is 23.2 Å². The van der Waals surface area contributed by atoms with Gasteiger partial charge in [-0.25, -0.2) is 13.4 Å². The van der Waals surface area contributed by atoms with Crippen LogP contribution < -0.4 is 4.72 Å². The molecule has 4 aromatic rings. The quantitative estimate of drug-likeness (QED) is 0.361. The van der Waals surface area contributed by atoms with E-state index >= 15 is 0 Å². The molecule has 0 aliphatic rings. The number of aromatic nitrogens is 2. The lowest BCUT2D eigenvalue weighted by atomic mass is 10.0. The van der Waals surface area contributed by atoms with E-state index in [0.29, 0.717) is 22.2 Å². The predicted octanol–water partition coefficient (Wildman–Crippen LogP) is 6.01. The van der Waals surface area contributed by atoms with E-state index in [1.54, 1.807) is 24.4 Å². The second-order valence-electron chi connectivity index (χ2n) is 7.20. The Morgan fingerprint density at radius 3 is 2.45 bits per heavy atom. The molecule has 1 heterocycles. The monoisotopic (exact) mass is 471 g/mol. The number of hydrogen-bond donors (Lipinski definition) is 2. The maximum absolute atomic E-state index is 11.5. The minimum atomic E-state index is -3.32. The zero-order valence-corrected chi connectivity index (χ0v) is 18.9. The van der Waals surface area contributed by atoms with Gasteiger partial charge in [-0.2, -0.15) is 0 Å². The summed E-state index contributed by atoms with van der Waals surface area (Å²) in [6.07, 6.45) is 3.54. The number of benzene rings is 3. The summed E-state index contributed by atoms with van der Waals surface area (Å²) < 4.78 is 25.4. The van der Waals surface area contributed by atoms with Gasteiger partial charge in [0.2, 0.25) is 10.0 Å². The summed E-state index contributed by atoms with van der Waals surface area (Å²) in [5.41, 5.74) is 5.24. The van der Waals surface area contributed by atoms with Crippen molar-refractivity contribution in [2.75, 3.05) is 11.0 Å². The Morgan fingerprint density at radius 2 is 1.74 bits per heavy atom. The molecule has 5 nitrogen and oxygen atoms in total. The number of halogens is 2. The van der Waals surface area contributed by atoms with Gasteiger partial charge in [-0.1, -0.05) is 59.6 Å². The molecule has 2 N–H and O–H groups in total. The van der Waals surface area contributed by atoms with Gasteiger partial charge in [0.15, 0.2) is 0 Å². The van der Waals surface area contributed by atoms with Gasteiger partial charge in [-0.05, 0) is 47.0 Å². The average Bonchev–Trinajstić information content (AvgIpc) is 3.15. The Balaban J connectivity index is 1.50. The van der Waals surface area contributed by atoms with E-state index in [4.69, 9.17) is 23.2 Å². The van der Waals surface area contributed by atoms with Crippen LogP contribution in [-0.2, 0) is 16.4 Å². The lowest BCUT2D eigenvalue weighted by Crippen LogP contribution is -2.09. The highest BCUT2D eigenvalue weighted by molar-refractivity contribution is 7.92. The number of nitrogens with zero attached hydrogens (tertiary/aromatic N) is 1. The molecule has 0 aliphatic carbocycles. The van der Waals surface area contributed by atoms with Crippen LogP contribution >= 0.6 is 23.2 Å². The molecule has 0 saturated heterocycles. The summed E-state index contributed by atoms with van der Waals surface area (Å²) in [5, 5.41) is 1.16. The molecule has 0 saturated carbocycles. The van der Waals surface area contributed by atoms with Gasteiger partial charge in [-0.15, -0.1) is 0 Å². The fraction of sp³-hybridized carbons (Fsp3) is 0.0870. The Hall–Kier alpha value is -2.80. The molecule has 0 spiro atoms. The normalized spacial score (nSPS) is 11.5. The number of rotatable bonds is 6. The number of hydrogen-bond acceptors (Lipinski definition) is 3. The van der Waals surface area contributed by atoms with Crippen molar-refractivity contribution in [3.63, 3.8) is 0 Å². The van der Waals surface area contributed by atoms with Crippen LogP contribution in [0.15, 0.2) is 72.9 Å². The molecule has 1 aromatic heterocycles. The summed E-state index contributed by atoms with van der Waals surface area (Å²) in [4.78, 5) is 7.78. The summed E-state index contributed by atoms with van der Waals surface area (Å²) in [6.45, 7) is 0. The highest BCUT2D eigenvalue weighted by Crippen LogP contribution is 2.29. The maximum atomic E-state index is 11.5. The van der Waals surface area contributed by atoms with E-state index in [1.165, 1.54) is 0 Å². The Kier molecular flexibility index (Phi) is 6.05. The van der Waals surface area contributed by atoms with Crippen LogP contribution in [0, 0.1) is 0 Å². The topological polar surface area (TPSA) is 74.8 Å². The molecular formula is C23H19Cl2N3O2S. The minimum absolute atomic E-state index is 0.535. The molecular weight excluding hydrogens is 453 g/mol. The SMILES string of the molecule is CS(=O)(=O)Nc1cccc(-c2ccc(Cc3ncc(-c4ccc(Cl)cc4Cl)[nH]3)cc2)c1. The third-order valence-electron chi connectivity index (χ3n) is 4.67. The summed E-state index contributed by atoms with van der Waals surface area (Å²) in [5.74, 6) is 0.827. The minimum Gasteiger partial charge on any atom is -0.342 e. The highest BCUT2D eigenvalue weighted by atomic mass is 35.5. The van der Waals surface area contributed by atoms with Crippen molar-refractivity contribution in [3.05, 3.63) is 94.4 Å². The Labute approximate surface area is 191 Å². The zero-order valence-electron chi connectivity index (χ0n) is 16.6. The van der Waals surface area contributed by atoms with Crippen molar-refractivity contribution in [1.82, 2.24) is 9.97 Å². The van der Waals surface area contributed by atoms with Crippen LogP contribution in [0.4, 0.5) is 5.69 Å². The summed E-state index contributed by atoms with van der Waals surface area (Å²) in [7, 11) is -3.32. The molecule has 3 aromatic carbocycles. The standard InChI is InChI=1S/C23H19Cl2N3O2S/c1-31(29,30)28-19-4-2-3-17(12-19)16-7-5-15(6-8-16)11-23-26-14-22(27-23)20-10-9-18(24)13-21(20)25/h2-10,12-14,28H,11H2,1H3,(H,26,27). The molecule has 0 bridgehead atoms. The van der Waals surface area contributed by atoms with Crippen molar-refractivity contribution in [2.45, 2.75) is 6.42 Å². The predicted molar refractivity (Wildman–Crippen MR) is 127 cm³/mol. The fourth-order valence-electron chi connectivity index (χ4n) is 3.28. The Morgan fingerprint density at radius 1 is 0.968 bits per heavy atom. The summed E-state index contributed by atoms with van der Waals surface area (Å²) in [6, 6.07) is 20.7. The van der Waals surface area contributed by atoms with Crippen LogP contribution in [0.5, 0.6) is 0 Å². The second-order valence-corrected chi connectivity index (χ2v) is 9.79. The lowest BCUT2D eigenvalue weighted by Gasteiger charge is -2.08. The van der Waals surface area contributed by atoms with Crippen LogP contribution in [0.25, 0.3) is 22.4 Å². The first-order valence-corrected chi connectivity index (χ1v) is 12.1. The number of nitrogens with one attached hydrogen (secondary N) is 2. The number of H-pyrrole nitrogens is 1. The van der Waals surface area contributed by atoms with E-state index < -0.39 is 10.0 Å². The Bertz CT molecular complexity index is 1330. The van der Waals surface area contributed by atoms with Gasteiger partial charge in [0.25, 0.3) is 0 Å². The third-order valence-corrected chi connectivity index (χ3v) is 5.83. The van der Waals surface area contributed by atoms with Crippen molar-refractivity contribution >= 4 is 38.9 Å². The molecule has 31 heavy (non-hydrogen) atoms. The second kappa shape index (κ2) is 8.75. The largest absolute Gasteiger partial charge is 0.342 e.